The lowest BCUT2D eigenvalue weighted by Gasteiger charge is -2.46. The van der Waals surface area contributed by atoms with Crippen LogP contribution in [0, 0.1) is 5.41 Å². The van der Waals surface area contributed by atoms with Gasteiger partial charge >= 0.3 is 0 Å². The Balaban J connectivity index is 1.42. The maximum atomic E-state index is 12.6. The highest BCUT2D eigenvalue weighted by Crippen LogP contribution is 2.47. The third kappa shape index (κ3) is 3.35. The van der Waals surface area contributed by atoms with Gasteiger partial charge in [-0.05, 0) is 37.3 Å². The van der Waals surface area contributed by atoms with E-state index in [4.69, 9.17) is 0 Å². The Bertz CT molecular complexity index is 843. The van der Waals surface area contributed by atoms with Gasteiger partial charge in [0, 0.05) is 48.1 Å². The largest absolute Gasteiger partial charge is 0.361 e. The predicted molar refractivity (Wildman–Crippen MR) is 106 cm³/mol. The molecule has 2 fully saturated rings. The van der Waals surface area contributed by atoms with Crippen molar-refractivity contribution in [3.05, 3.63) is 36.0 Å². The van der Waals surface area contributed by atoms with E-state index in [2.05, 4.69) is 28.2 Å². The van der Waals surface area contributed by atoms with Crippen molar-refractivity contribution >= 4 is 22.7 Å². The number of carbonyl (C=O) groups is 2. The van der Waals surface area contributed by atoms with E-state index in [-0.39, 0.29) is 11.3 Å². The maximum absolute atomic E-state index is 12.6. The summed E-state index contributed by atoms with van der Waals surface area (Å²) in [6, 6.07) is 8.37. The van der Waals surface area contributed by atoms with Crippen LogP contribution >= 0.6 is 0 Å². The molecule has 0 spiro atoms. The summed E-state index contributed by atoms with van der Waals surface area (Å²) < 4.78 is 0. The quantitative estimate of drug-likeness (QED) is 0.822. The number of rotatable bonds is 6. The zero-order valence-electron chi connectivity index (χ0n) is 16.1. The highest BCUT2D eigenvalue weighted by Gasteiger charge is 2.49. The molecule has 5 heteroatoms. The van der Waals surface area contributed by atoms with Crippen molar-refractivity contribution < 1.29 is 9.59 Å². The molecule has 0 unspecified atom stereocenters. The minimum absolute atomic E-state index is 0.0683. The number of piperidine rings is 1. The molecular weight excluding hydrogens is 338 g/mol. The van der Waals surface area contributed by atoms with Gasteiger partial charge in [-0.2, -0.15) is 0 Å². The fourth-order valence-corrected chi connectivity index (χ4v) is 5.18. The molecule has 2 amide bonds. The van der Waals surface area contributed by atoms with Crippen molar-refractivity contribution in [3.8, 4) is 0 Å². The molecule has 27 heavy (non-hydrogen) atoms. The van der Waals surface area contributed by atoms with Gasteiger partial charge in [0.25, 0.3) is 0 Å². The van der Waals surface area contributed by atoms with Crippen LogP contribution in [0.1, 0.15) is 51.0 Å². The molecule has 1 aromatic carbocycles. The lowest BCUT2D eigenvalue weighted by atomic mass is 9.74. The van der Waals surface area contributed by atoms with Crippen LogP contribution in [0.15, 0.2) is 30.5 Å². The molecule has 4 rings (SSSR count). The van der Waals surface area contributed by atoms with Gasteiger partial charge in [0.1, 0.15) is 0 Å². The van der Waals surface area contributed by atoms with Gasteiger partial charge in [-0.3, -0.25) is 9.59 Å². The SMILES string of the molecule is CCCN1C(=O)CC[C@]2(CNC(=O)Cc3c[nH]c4ccccc34)CCC[C@@H]12. The van der Waals surface area contributed by atoms with Crippen LogP contribution in [-0.4, -0.2) is 40.8 Å². The third-order valence-corrected chi connectivity index (χ3v) is 6.52. The highest BCUT2D eigenvalue weighted by molar-refractivity contribution is 5.88. The van der Waals surface area contributed by atoms with E-state index >= 15 is 0 Å². The minimum atomic E-state index is 0.0683. The molecule has 1 aliphatic heterocycles. The highest BCUT2D eigenvalue weighted by atomic mass is 16.2. The summed E-state index contributed by atoms with van der Waals surface area (Å²) in [6.45, 7) is 3.66. The summed E-state index contributed by atoms with van der Waals surface area (Å²) in [5, 5.41) is 4.32. The number of hydrogen-bond acceptors (Lipinski definition) is 2. The van der Waals surface area contributed by atoms with E-state index < -0.39 is 0 Å². The number of nitrogens with one attached hydrogen (secondary N) is 2. The number of carbonyl (C=O) groups excluding carboxylic acids is 2. The smallest absolute Gasteiger partial charge is 0.224 e. The van der Waals surface area contributed by atoms with E-state index in [9.17, 15) is 9.59 Å². The van der Waals surface area contributed by atoms with Crippen LogP contribution in [0.25, 0.3) is 10.9 Å². The Kier molecular flexibility index (Phi) is 4.94. The van der Waals surface area contributed by atoms with Crippen LogP contribution in [0.4, 0.5) is 0 Å². The second-order valence-electron chi connectivity index (χ2n) is 8.17. The average Bonchev–Trinajstić information content (AvgIpc) is 3.28. The van der Waals surface area contributed by atoms with Crippen LogP contribution in [-0.2, 0) is 16.0 Å². The molecule has 0 bridgehead atoms. The number of amides is 2. The number of nitrogens with zero attached hydrogens (tertiary/aromatic N) is 1. The first-order valence-electron chi connectivity index (χ1n) is 10.2. The first-order valence-corrected chi connectivity index (χ1v) is 10.2. The van der Waals surface area contributed by atoms with E-state index in [1.54, 1.807) is 0 Å². The van der Waals surface area contributed by atoms with Gasteiger partial charge in [-0.25, -0.2) is 0 Å². The molecule has 1 saturated carbocycles. The second-order valence-corrected chi connectivity index (χ2v) is 8.17. The fraction of sp³-hybridized carbons (Fsp3) is 0.545. The lowest BCUT2D eigenvalue weighted by Crippen LogP contribution is -2.56. The van der Waals surface area contributed by atoms with Crippen molar-refractivity contribution in [2.45, 2.75) is 57.9 Å². The number of H-pyrrole nitrogens is 1. The maximum Gasteiger partial charge on any atom is 0.224 e. The molecule has 5 nitrogen and oxygen atoms in total. The molecule has 2 aliphatic rings. The Morgan fingerprint density at radius 1 is 1.33 bits per heavy atom. The molecule has 2 aromatic rings. The Morgan fingerprint density at radius 2 is 2.19 bits per heavy atom. The van der Waals surface area contributed by atoms with Gasteiger partial charge in [-0.1, -0.05) is 31.5 Å². The zero-order chi connectivity index (χ0) is 18.9. The van der Waals surface area contributed by atoms with Gasteiger partial charge in [-0.15, -0.1) is 0 Å². The van der Waals surface area contributed by atoms with Gasteiger partial charge < -0.3 is 15.2 Å². The summed E-state index contributed by atoms with van der Waals surface area (Å²) >= 11 is 0. The van der Waals surface area contributed by atoms with E-state index in [1.165, 1.54) is 0 Å². The fourth-order valence-electron chi connectivity index (χ4n) is 5.18. The van der Waals surface area contributed by atoms with Gasteiger partial charge in [0.15, 0.2) is 0 Å². The summed E-state index contributed by atoms with van der Waals surface area (Å²) in [7, 11) is 0. The number of hydrogen-bond donors (Lipinski definition) is 2. The van der Waals surface area contributed by atoms with Crippen LogP contribution < -0.4 is 5.32 Å². The van der Waals surface area contributed by atoms with E-state index in [0.717, 1.165) is 55.1 Å². The first-order chi connectivity index (χ1) is 13.1. The summed E-state index contributed by atoms with van der Waals surface area (Å²) in [6.07, 6.45) is 8.18. The number of para-hydroxylation sites is 1. The number of aromatic amines is 1. The number of fused-ring (bicyclic) bond motifs is 2. The minimum Gasteiger partial charge on any atom is -0.361 e. The second kappa shape index (κ2) is 7.37. The van der Waals surface area contributed by atoms with Crippen LogP contribution in [0.3, 0.4) is 0 Å². The number of benzene rings is 1. The molecule has 1 aliphatic carbocycles. The zero-order valence-corrected chi connectivity index (χ0v) is 16.1. The number of likely N-dealkylation sites (tertiary alicyclic amines) is 1. The van der Waals surface area contributed by atoms with E-state index in [1.807, 2.05) is 24.4 Å². The summed E-state index contributed by atoms with van der Waals surface area (Å²) in [4.78, 5) is 30.4. The molecule has 0 radical (unpaired) electrons. The van der Waals surface area contributed by atoms with Crippen LogP contribution in [0.2, 0.25) is 0 Å². The molecule has 2 N–H and O–H groups in total. The van der Waals surface area contributed by atoms with E-state index in [0.29, 0.717) is 31.3 Å². The van der Waals surface area contributed by atoms with Crippen molar-refractivity contribution in [3.63, 3.8) is 0 Å². The number of aromatic nitrogens is 1. The Morgan fingerprint density at radius 3 is 3.04 bits per heavy atom. The molecular formula is C22H29N3O2. The lowest BCUT2D eigenvalue weighted by molar-refractivity contribution is -0.141. The van der Waals surface area contributed by atoms with Crippen molar-refractivity contribution in [1.29, 1.82) is 0 Å². The molecule has 144 valence electrons. The predicted octanol–water partition coefficient (Wildman–Crippen LogP) is 3.40. The molecule has 1 aromatic heterocycles. The molecule has 2 heterocycles. The topological polar surface area (TPSA) is 65.2 Å². The Labute approximate surface area is 160 Å². The van der Waals surface area contributed by atoms with Crippen molar-refractivity contribution in [2.24, 2.45) is 5.41 Å². The summed E-state index contributed by atoms with van der Waals surface area (Å²) in [5.41, 5.74) is 2.17. The first kappa shape index (κ1) is 18.1. The monoisotopic (exact) mass is 367 g/mol. The third-order valence-electron chi connectivity index (χ3n) is 6.52. The van der Waals surface area contributed by atoms with Gasteiger partial charge in [0.2, 0.25) is 11.8 Å². The molecule has 1 saturated heterocycles. The molecule has 2 atom stereocenters. The van der Waals surface area contributed by atoms with Gasteiger partial charge in [0.05, 0.1) is 6.42 Å². The summed E-state index contributed by atoms with van der Waals surface area (Å²) in [5.74, 6) is 0.364. The van der Waals surface area contributed by atoms with Crippen molar-refractivity contribution in [2.75, 3.05) is 13.1 Å². The van der Waals surface area contributed by atoms with Crippen LogP contribution in [0.5, 0.6) is 0 Å². The average molecular weight is 367 g/mol. The normalized spacial score (nSPS) is 25.0. The van der Waals surface area contributed by atoms with Crippen molar-refractivity contribution in [1.82, 2.24) is 15.2 Å². The standard InChI is InChI=1S/C22H29N3O2/c1-2-12-25-19-8-5-10-22(19,11-9-21(25)27)15-24-20(26)13-16-14-23-18-7-4-3-6-17(16)18/h3-4,6-7,14,19,23H,2,5,8-13,15H2,1H3,(H,24,26)/t19-,22+/m1/s1. The Hall–Kier alpha value is -2.30.